The number of hydrogen-bond acceptors (Lipinski definition) is 4. The molecule has 2 aromatic rings. The van der Waals surface area contributed by atoms with Crippen molar-refractivity contribution < 1.29 is 19.1 Å². The van der Waals surface area contributed by atoms with E-state index in [9.17, 15) is 9.59 Å². The third kappa shape index (κ3) is 4.94. The summed E-state index contributed by atoms with van der Waals surface area (Å²) in [5.74, 6) is 0.0804. The van der Waals surface area contributed by atoms with E-state index in [1.54, 1.807) is 24.3 Å². The van der Waals surface area contributed by atoms with Gasteiger partial charge >= 0.3 is 5.97 Å². The summed E-state index contributed by atoms with van der Waals surface area (Å²) in [5.41, 5.74) is 0.938. The summed E-state index contributed by atoms with van der Waals surface area (Å²) in [7, 11) is 0. The fraction of sp³-hybridized carbons (Fsp3) is 0.176. The molecular weight excluding hydrogens is 282 g/mol. The Balaban J connectivity index is 1.81. The van der Waals surface area contributed by atoms with E-state index in [2.05, 4.69) is 5.32 Å². The predicted molar refractivity (Wildman–Crippen MR) is 83.0 cm³/mol. The summed E-state index contributed by atoms with van der Waals surface area (Å²) >= 11 is 0. The van der Waals surface area contributed by atoms with E-state index < -0.39 is 5.97 Å². The largest absolute Gasteiger partial charge is 0.490 e. The van der Waals surface area contributed by atoms with E-state index in [-0.39, 0.29) is 19.1 Å². The molecule has 0 fully saturated rings. The molecule has 0 aliphatic carbocycles. The van der Waals surface area contributed by atoms with Gasteiger partial charge in [0.25, 0.3) is 0 Å². The first-order valence-electron chi connectivity index (χ1n) is 6.88. The molecule has 1 N–H and O–H groups in total. The number of esters is 1. The third-order valence-electron chi connectivity index (χ3n) is 2.75. The van der Waals surface area contributed by atoms with Gasteiger partial charge in [-0.3, -0.25) is 4.79 Å². The average Bonchev–Trinajstić information content (AvgIpc) is 2.52. The van der Waals surface area contributed by atoms with Crippen LogP contribution in [0.2, 0.25) is 0 Å². The number of anilines is 1. The highest BCUT2D eigenvalue weighted by Gasteiger charge is 2.08. The maximum atomic E-state index is 11.9. The molecule has 0 unspecified atom stereocenters. The lowest BCUT2D eigenvalue weighted by Crippen LogP contribution is -2.13. The highest BCUT2D eigenvalue weighted by Crippen LogP contribution is 2.12. The normalized spacial score (nSPS) is 9.86. The Kier molecular flexibility index (Phi) is 5.54. The molecular formula is C17H17NO4. The number of hydrogen-bond donors (Lipinski definition) is 1. The van der Waals surface area contributed by atoms with Crippen LogP contribution in [-0.2, 0) is 9.53 Å². The van der Waals surface area contributed by atoms with Crippen LogP contribution in [0.5, 0.6) is 5.75 Å². The summed E-state index contributed by atoms with van der Waals surface area (Å²) in [6.07, 6.45) is 0. The smallest absolute Gasteiger partial charge is 0.338 e. The Hall–Kier alpha value is -2.82. The molecule has 2 aromatic carbocycles. The van der Waals surface area contributed by atoms with E-state index >= 15 is 0 Å². The van der Waals surface area contributed by atoms with E-state index in [1.807, 2.05) is 30.3 Å². The molecule has 0 spiro atoms. The van der Waals surface area contributed by atoms with Gasteiger partial charge in [-0.25, -0.2) is 4.79 Å². The minimum Gasteiger partial charge on any atom is -0.490 e. The number of nitrogens with one attached hydrogen (secondary N) is 1. The van der Waals surface area contributed by atoms with E-state index in [4.69, 9.17) is 9.47 Å². The Morgan fingerprint density at radius 3 is 2.50 bits per heavy atom. The highest BCUT2D eigenvalue weighted by molar-refractivity contribution is 5.93. The van der Waals surface area contributed by atoms with Crippen molar-refractivity contribution >= 4 is 17.6 Å². The van der Waals surface area contributed by atoms with Crippen molar-refractivity contribution in [3.8, 4) is 5.75 Å². The van der Waals surface area contributed by atoms with Gasteiger partial charge in [0, 0.05) is 12.6 Å². The molecule has 0 radical (unpaired) electrons. The molecule has 0 saturated heterocycles. The lowest BCUT2D eigenvalue weighted by Gasteiger charge is -2.08. The van der Waals surface area contributed by atoms with Gasteiger partial charge in [-0.1, -0.05) is 24.3 Å². The van der Waals surface area contributed by atoms with Crippen LogP contribution in [0.15, 0.2) is 54.6 Å². The van der Waals surface area contributed by atoms with Gasteiger partial charge in [-0.2, -0.15) is 0 Å². The Labute approximate surface area is 128 Å². The third-order valence-corrected chi connectivity index (χ3v) is 2.75. The fourth-order valence-electron chi connectivity index (χ4n) is 1.82. The Bertz CT molecular complexity index is 640. The minimum atomic E-state index is -0.455. The topological polar surface area (TPSA) is 64.6 Å². The molecule has 5 heteroatoms. The van der Waals surface area contributed by atoms with Gasteiger partial charge < -0.3 is 14.8 Å². The van der Waals surface area contributed by atoms with Crippen LogP contribution in [0.1, 0.15) is 17.3 Å². The number of benzene rings is 2. The maximum Gasteiger partial charge on any atom is 0.338 e. The minimum absolute atomic E-state index is 0.151. The van der Waals surface area contributed by atoms with Crippen LogP contribution in [-0.4, -0.2) is 25.1 Å². The molecule has 0 aliphatic heterocycles. The zero-order chi connectivity index (χ0) is 15.8. The molecule has 0 saturated carbocycles. The van der Waals surface area contributed by atoms with Crippen LogP contribution in [0, 0.1) is 0 Å². The van der Waals surface area contributed by atoms with Crippen molar-refractivity contribution in [2.24, 2.45) is 0 Å². The molecule has 1 amide bonds. The van der Waals surface area contributed by atoms with Gasteiger partial charge in [0.1, 0.15) is 19.0 Å². The lowest BCUT2D eigenvalue weighted by molar-refractivity contribution is -0.114. The second kappa shape index (κ2) is 7.83. The molecule has 0 bridgehead atoms. The highest BCUT2D eigenvalue weighted by atomic mass is 16.6. The van der Waals surface area contributed by atoms with E-state index in [0.29, 0.717) is 11.3 Å². The van der Waals surface area contributed by atoms with Gasteiger partial charge in [-0.15, -0.1) is 0 Å². The van der Waals surface area contributed by atoms with E-state index in [1.165, 1.54) is 6.92 Å². The van der Waals surface area contributed by atoms with Gasteiger partial charge in [-0.05, 0) is 30.3 Å². The summed E-state index contributed by atoms with van der Waals surface area (Å²) in [6.45, 7) is 1.84. The zero-order valence-electron chi connectivity index (χ0n) is 12.2. The van der Waals surface area contributed by atoms with Crippen LogP contribution >= 0.6 is 0 Å². The summed E-state index contributed by atoms with van der Waals surface area (Å²) in [5, 5.41) is 2.62. The molecule has 114 valence electrons. The second-order valence-electron chi connectivity index (χ2n) is 4.56. The van der Waals surface area contributed by atoms with Crippen LogP contribution in [0.25, 0.3) is 0 Å². The Morgan fingerprint density at radius 1 is 1.00 bits per heavy atom. The molecule has 2 rings (SSSR count). The SMILES string of the molecule is CC(=O)Nc1cccc(C(=O)OCCOc2ccccc2)c1. The maximum absolute atomic E-state index is 11.9. The first kappa shape index (κ1) is 15.6. The number of carbonyl (C=O) groups excluding carboxylic acids is 2. The van der Waals surface area contributed by atoms with Crippen molar-refractivity contribution in [2.75, 3.05) is 18.5 Å². The van der Waals surface area contributed by atoms with Gasteiger partial charge in [0.05, 0.1) is 5.56 Å². The van der Waals surface area contributed by atoms with Crippen molar-refractivity contribution in [3.05, 3.63) is 60.2 Å². The molecule has 5 nitrogen and oxygen atoms in total. The van der Waals surface area contributed by atoms with Crippen molar-refractivity contribution in [2.45, 2.75) is 6.92 Å². The van der Waals surface area contributed by atoms with Crippen molar-refractivity contribution in [3.63, 3.8) is 0 Å². The first-order valence-corrected chi connectivity index (χ1v) is 6.88. The van der Waals surface area contributed by atoms with Gasteiger partial charge in [0.2, 0.25) is 5.91 Å². The molecule has 0 aliphatic rings. The summed E-state index contributed by atoms with van der Waals surface area (Å²) in [6, 6.07) is 15.9. The fourth-order valence-corrected chi connectivity index (χ4v) is 1.82. The zero-order valence-corrected chi connectivity index (χ0v) is 12.2. The van der Waals surface area contributed by atoms with Crippen LogP contribution < -0.4 is 10.1 Å². The number of ether oxygens (including phenoxy) is 2. The van der Waals surface area contributed by atoms with Crippen molar-refractivity contribution in [1.29, 1.82) is 0 Å². The molecule has 0 heterocycles. The lowest BCUT2D eigenvalue weighted by atomic mass is 10.2. The standard InChI is InChI=1S/C17H17NO4/c1-13(19)18-15-7-5-6-14(12-15)17(20)22-11-10-21-16-8-3-2-4-9-16/h2-9,12H,10-11H2,1H3,(H,18,19). The number of para-hydroxylation sites is 1. The number of rotatable bonds is 6. The average molecular weight is 299 g/mol. The van der Waals surface area contributed by atoms with E-state index in [0.717, 1.165) is 5.75 Å². The van der Waals surface area contributed by atoms with Crippen LogP contribution in [0.4, 0.5) is 5.69 Å². The van der Waals surface area contributed by atoms with Crippen molar-refractivity contribution in [1.82, 2.24) is 0 Å². The van der Waals surface area contributed by atoms with Crippen LogP contribution in [0.3, 0.4) is 0 Å². The van der Waals surface area contributed by atoms with Gasteiger partial charge in [0.15, 0.2) is 0 Å². The molecule has 22 heavy (non-hydrogen) atoms. The Morgan fingerprint density at radius 2 is 1.77 bits per heavy atom. The monoisotopic (exact) mass is 299 g/mol. The first-order chi connectivity index (χ1) is 10.6. The number of amides is 1. The molecule has 0 atom stereocenters. The summed E-state index contributed by atoms with van der Waals surface area (Å²) < 4.78 is 10.6. The predicted octanol–water partition coefficient (Wildman–Crippen LogP) is 2.88. The molecule has 0 aromatic heterocycles. The number of carbonyl (C=O) groups is 2. The quantitative estimate of drug-likeness (QED) is 0.658. The second-order valence-corrected chi connectivity index (χ2v) is 4.56. The summed E-state index contributed by atoms with van der Waals surface area (Å²) in [4.78, 5) is 22.9.